The van der Waals surface area contributed by atoms with Gasteiger partial charge in [0.05, 0.1) is 6.61 Å². The van der Waals surface area contributed by atoms with Crippen molar-refractivity contribution in [3.63, 3.8) is 0 Å². The van der Waals surface area contributed by atoms with Crippen molar-refractivity contribution < 1.29 is 5.11 Å². The lowest BCUT2D eigenvalue weighted by Gasteiger charge is -2.35. The Hall–Kier alpha value is -1.04. The molecule has 0 radical (unpaired) electrons. The van der Waals surface area contributed by atoms with Crippen LogP contribution in [0.15, 0.2) is 52.3 Å². The molecule has 1 saturated heterocycles. The fraction of sp³-hybridized carbons (Fsp3) is 0.455. The van der Waals surface area contributed by atoms with Crippen LogP contribution >= 0.6 is 23.4 Å². The molecular weight excluding hydrogens is 376 g/mol. The Labute approximate surface area is 171 Å². The van der Waals surface area contributed by atoms with Crippen LogP contribution < -0.4 is 0 Å². The smallest absolute Gasteiger partial charge is 0.0558 e. The Balaban J connectivity index is 1.41. The van der Waals surface area contributed by atoms with E-state index in [9.17, 15) is 0 Å². The van der Waals surface area contributed by atoms with E-state index in [0.717, 1.165) is 50.7 Å². The topological polar surface area (TPSA) is 26.7 Å². The third-order valence-electron chi connectivity index (χ3n) is 5.71. The summed E-state index contributed by atoms with van der Waals surface area (Å²) in [5, 5.41) is 9.92. The fourth-order valence-corrected chi connectivity index (χ4v) is 5.59. The first kappa shape index (κ1) is 19.3. The molecule has 1 N–H and O–H groups in total. The summed E-state index contributed by atoms with van der Waals surface area (Å²) in [4.78, 5) is 7.65. The molecule has 0 bridgehead atoms. The Bertz CT molecular complexity index is 777. The van der Waals surface area contributed by atoms with Crippen molar-refractivity contribution in [3.8, 4) is 0 Å². The van der Waals surface area contributed by atoms with Gasteiger partial charge in [0.1, 0.15) is 0 Å². The first-order chi connectivity index (χ1) is 13.2. The molecule has 2 aromatic rings. The van der Waals surface area contributed by atoms with Crippen molar-refractivity contribution in [1.29, 1.82) is 0 Å². The largest absolute Gasteiger partial charge is 0.395 e. The highest BCUT2D eigenvalue weighted by Crippen LogP contribution is 2.48. The Kier molecular flexibility index (Phi) is 6.41. The fourth-order valence-electron chi connectivity index (χ4n) is 4.24. The van der Waals surface area contributed by atoms with Gasteiger partial charge in [-0.1, -0.05) is 41.6 Å². The Morgan fingerprint density at radius 2 is 1.63 bits per heavy atom. The highest BCUT2D eigenvalue weighted by Gasteiger charge is 2.26. The van der Waals surface area contributed by atoms with Gasteiger partial charge in [-0.05, 0) is 54.8 Å². The van der Waals surface area contributed by atoms with E-state index in [4.69, 9.17) is 16.7 Å². The standard InChI is InChI=1S/C22H27ClN2OS/c23-17-7-8-22-20(16-17)18(19-4-1-2-6-21(19)27-22)5-3-9-24-10-12-25(13-11-24)14-15-26/h1-2,4,6-8,16,18,26H,3,5,9-15H2. The van der Waals surface area contributed by atoms with Crippen LogP contribution in [-0.2, 0) is 0 Å². The number of hydrogen-bond donors (Lipinski definition) is 1. The zero-order valence-corrected chi connectivity index (χ0v) is 17.2. The van der Waals surface area contributed by atoms with Gasteiger partial charge in [-0.3, -0.25) is 4.90 Å². The normalized spacial score (nSPS) is 20.3. The molecule has 2 aliphatic heterocycles. The Morgan fingerprint density at radius 1 is 0.926 bits per heavy atom. The highest BCUT2D eigenvalue weighted by atomic mass is 35.5. The number of aliphatic hydroxyl groups is 1. The summed E-state index contributed by atoms with van der Waals surface area (Å²) in [6, 6.07) is 15.2. The van der Waals surface area contributed by atoms with Gasteiger partial charge in [-0.15, -0.1) is 0 Å². The lowest BCUT2D eigenvalue weighted by atomic mass is 9.87. The van der Waals surface area contributed by atoms with E-state index >= 15 is 0 Å². The minimum atomic E-state index is 0.265. The van der Waals surface area contributed by atoms with Crippen LogP contribution in [0.25, 0.3) is 0 Å². The summed E-state index contributed by atoms with van der Waals surface area (Å²) in [5.74, 6) is 0.437. The van der Waals surface area contributed by atoms with Gasteiger partial charge in [-0.25, -0.2) is 0 Å². The van der Waals surface area contributed by atoms with Crippen molar-refractivity contribution in [2.24, 2.45) is 0 Å². The molecule has 1 atom stereocenters. The molecule has 2 aliphatic rings. The van der Waals surface area contributed by atoms with Crippen LogP contribution in [0.1, 0.15) is 29.9 Å². The number of hydrogen-bond acceptors (Lipinski definition) is 4. The van der Waals surface area contributed by atoms with Crippen molar-refractivity contribution in [2.45, 2.75) is 28.6 Å². The number of nitrogens with zero attached hydrogens (tertiary/aromatic N) is 2. The van der Waals surface area contributed by atoms with Crippen LogP contribution in [0, 0.1) is 0 Å². The van der Waals surface area contributed by atoms with Crippen LogP contribution in [0.4, 0.5) is 0 Å². The predicted molar refractivity (Wildman–Crippen MR) is 113 cm³/mol. The average molecular weight is 403 g/mol. The molecule has 3 nitrogen and oxygen atoms in total. The molecule has 0 aliphatic carbocycles. The minimum absolute atomic E-state index is 0.265. The van der Waals surface area contributed by atoms with E-state index in [1.54, 1.807) is 0 Å². The maximum atomic E-state index is 9.08. The highest BCUT2D eigenvalue weighted by molar-refractivity contribution is 7.99. The zero-order chi connectivity index (χ0) is 18.6. The van der Waals surface area contributed by atoms with Crippen molar-refractivity contribution in [2.75, 3.05) is 45.9 Å². The van der Waals surface area contributed by atoms with Gasteiger partial charge in [0.2, 0.25) is 0 Å². The summed E-state index contributed by atoms with van der Waals surface area (Å²) in [6.45, 7) is 6.58. The molecule has 1 unspecified atom stereocenters. The molecule has 0 spiro atoms. The molecule has 2 aromatic carbocycles. The van der Waals surface area contributed by atoms with Gasteiger partial charge in [0.15, 0.2) is 0 Å². The summed E-state index contributed by atoms with van der Waals surface area (Å²) in [7, 11) is 0. The SMILES string of the molecule is OCCN1CCN(CCCC2c3ccccc3Sc3ccc(Cl)cc32)CC1. The number of benzene rings is 2. The van der Waals surface area contributed by atoms with Crippen LogP contribution in [-0.4, -0.2) is 60.8 Å². The van der Waals surface area contributed by atoms with Gasteiger partial charge in [-0.2, -0.15) is 0 Å². The lowest BCUT2D eigenvalue weighted by molar-refractivity contribution is 0.111. The minimum Gasteiger partial charge on any atom is -0.395 e. The van der Waals surface area contributed by atoms with E-state index in [1.807, 2.05) is 17.8 Å². The lowest BCUT2D eigenvalue weighted by Crippen LogP contribution is -2.47. The summed E-state index contributed by atoms with van der Waals surface area (Å²) in [5.41, 5.74) is 2.84. The number of aliphatic hydroxyl groups excluding tert-OH is 1. The number of halogens is 1. The molecule has 4 rings (SSSR count). The van der Waals surface area contributed by atoms with Crippen LogP contribution in [0.3, 0.4) is 0 Å². The second-order valence-electron chi connectivity index (χ2n) is 7.42. The number of piperazine rings is 1. The number of rotatable bonds is 6. The second-order valence-corrected chi connectivity index (χ2v) is 8.94. The quantitative estimate of drug-likeness (QED) is 0.778. The van der Waals surface area contributed by atoms with Gasteiger partial charge < -0.3 is 10.0 Å². The first-order valence-electron chi connectivity index (χ1n) is 9.86. The first-order valence-corrected chi connectivity index (χ1v) is 11.1. The van der Waals surface area contributed by atoms with Crippen molar-refractivity contribution in [3.05, 3.63) is 58.6 Å². The van der Waals surface area contributed by atoms with E-state index in [0.29, 0.717) is 5.92 Å². The molecule has 0 amide bonds. The molecule has 0 aromatic heterocycles. The third kappa shape index (κ3) is 4.52. The van der Waals surface area contributed by atoms with Crippen molar-refractivity contribution >= 4 is 23.4 Å². The summed E-state index contributed by atoms with van der Waals surface area (Å²) < 4.78 is 0. The van der Waals surface area contributed by atoms with E-state index in [-0.39, 0.29) is 6.61 Å². The number of fused-ring (bicyclic) bond motifs is 2. The van der Waals surface area contributed by atoms with E-state index < -0.39 is 0 Å². The van der Waals surface area contributed by atoms with E-state index in [1.165, 1.54) is 27.3 Å². The molecule has 5 heteroatoms. The summed E-state index contributed by atoms with van der Waals surface area (Å²) >= 11 is 8.19. The molecule has 1 fully saturated rings. The van der Waals surface area contributed by atoms with Gasteiger partial charge >= 0.3 is 0 Å². The summed E-state index contributed by atoms with van der Waals surface area (Å²) in [6.07, 6.45) is 2.34. The molecule has 144 valence electrons. The third-order valence-corrected chi connectivity index (χ3v) is 7.13. The average Bonchev–Trinajstić information content (AvgIpc) is 2.69. The van der Waals surface area contributed by atoms with Gasteiger partial charge in [0, 0.05) is 53.5 Å². The molecule has 27 heavy (non-hydrogen) atoms. The Morgan fingerprint density at radius 3 is 2.41 bits per heavy atom. The van der Waals surface area contributed by atoms with Gasteiger partial charge in [0.25, 0.3) is 0 Å². The molecule has 2 heterocycles. The van der Waals surface area contributed by atoms with Crippen LogP contribution in [0.5, 0.6) is 0 Å². The number of β-amino-alcohol motifs (C(OH)–C–C–N with tert-alkyl or cyclic N) is 1. The predicted octanol–water partition coefficient (Wildman–Crippen LogP) is 4.33. The second kappa shape index (κ2) is 8.97. The van der Waals surface area contributed by atoms with Crippen LogP contribution in [0.2, 0.25) is 5.02 Å². The zero-order valence-electron chi connectivity index (χ0n) is 15.6. The monoisotopic (exact) mass is 402 g/mol. The molecular formula is C22H27ClN2OS. The van der Waals surface area contributed by atoms with Crippen molar-refractivity contribution in [1.82, 2.24) is 9.80 Å². The molecule has 0 saturated carbocycles. The van der Waals surface area contributed by atoms with E-state index in [2.05, 4.69) is 46.2 Å². The maximum Gasteiger partial charge on any atom is 0.0558 e. The maximum absolute atomic E-state index is 9.08.